The first-order valence-corrected chi connectivity index (χ1v) is 7.24. The molecular formula is C18H21N3. The third kappa shape index (κ3) is 3.78. The number of fused-ring (bicyclic) bond motifs is 1. The van der Waals surface area contributed by atoms with Crippen molar-refractivity contribution in [2.45, 2.75) is 26.7 Å². The Bertz CT molecular complexity index is 680. The minimum atomic E-state index is 0.881. The molecule has 0 spiro atoms. The van der Waals surface area contributed by atoms with E-state index in [1.807, 2.05) is 49.4 Å². The SMILES string of the molecule is C=CCCC.Cc1ncccc1-c1nc2ccccc2[nH]1. The molecule has 3 heteroatoms. The van der Waals surface area contributed by atoms with Gasteiger partial charge >= 0.3 is 0 Å². The summed E-state index contributed by atoms with van der Waals surface area (Å²) in [5.41, 5.74) is 4.08. The van der Waals surface area contributed by atoms with Crippen LogP contribution in [0.2, 0.25) is 0 Å². The highest BCUT2D eigenvalue weighted by molar-refractivity contribution is 5.79. The van der Waals surface area contributed by atoms with Crippen LogP contribution in [0, 0.1) is 6.92 Å². The van der Waals surface area contributed by atoms with E-state index in [2.05, 4.69) is 28.5 Å². The predicted octanol–water partition coefficient (Wildman–Crippen LogP) is 4.91. The van der Waals surface area contributed by atoms with E-state index in [1.54, 1.807) is 6.20 Å². The van der Waals surface area contributed by atoms with Gasteiger partial charge in [-0.1, -0.05) is 31.6 Å². The zero-order chi connectivity index (χ0) is 15.1. The van der Waals surface area contributed by atoms with E-state index in [0.29, 0.717) is 0 Å². The molecule has 0 fully saturated rings. The summed E-state index contributed by atoms with van der Waals surface area (Å²) in [6.45, 7) is 7.68. The Morgan fingerprint density at radius 1 is 1.19 bits per heavy atom. The molecule has 1 N–H and O–H groups in total. The van der Waals surface area contributed by atoms with Crippen molar-refractivity contribution in [3.63, 3.8) is 0 Å². The van der Waals surface area contributed by atoms with Crippen LogP contribution in [-0.4, -0.2) is 15.0 Å². The molecule has 1 aromatic carbocycles. The molecule has 0 aliphatic carbocycles. The van der Waals surface area contributed by atoms with Gasteiger partial charge in [-0.15, -0.1) is 6.58 Å². The fraction of sp³-hybridized carbons (Fsp3) is 0.222. The summed E-state index contributed by atoms with van der Waals surface area (Å²) in [6.07, 6.45) is 6.10. The average Bonchev–Trinajstić information content (AvgIpc) is 2.93. The molecule has 3 nitrogen and oxygen atoms in total. The molecule has 0 bridgehead atoms. The highest BCUT2D eigenvalue weighted by Gasteiger charge is 2.06. The monoisotopic (exact) mass is 279 g/mol. The lowest BCUT2D eigenvalue weighted by Gasteiger charge is -1.99. The minimum Gasteiger partial charge on any atom is -0.338 e. The van der Waals surface area contributed by atoms with Gasteiger partial charge in [-0.3, -0.25) is 4.98 Å². The molecule has 2 heterocycles. The molecule has 0 unspecified atom stereocenters. The summed E-state index contributed by atoms with van der Waals surface area (Å²) in [7, 11) is 0. The quantitative estimate of drug-likeness (QED) is 0.692. The largest absolute Gasteiger partial charge is 0.338 e. The average molecular weight is 279 g/mol. The number of para-hydroxylation sites is 2. The Hall–Kier alpha value is -2.42. The van der Waals surface area contributed by atoms with Crippen molar-refractivity contribution in [3.8, 4) is 11.4 Å². The molecule has 0 atom stereocenters. The van der Waals surface area contributed by atoms with E-state index in [4.69, 9.17) is 0 Å². The van der Waals surface area contributed by atoms with Gasteiger partial charge in [0, 0.05) is 17.5 Å². The van der Waals surface area contributed by atoms with Crippen molar-refractivity contribution in [3.05, 3.63) is 60.9 Å². The Balaban J connectivity index is 0.000000282. The molecule has 21 heavy (non-hydrogen) atoms. The molecule has 2 aromatic heterocycles. The normalized spacial score (nSPS) is 10.0. The van der Waals surface area contributed by atoms with E-state index < -0.39 is 0 Å². The van der Waals surface area contributed by atoms with Gasteiger partial charge in [0.25, 0.3) is 0 Å². The molecule has 0 radical (unpaired) electrons. The number of aromatic amines is 1. The van der Waals surface area contributed by atoms with E-state index in [0.717, 1.165) is 34.5 Å². The topological polar surface area (TPSA) is 41.6 Å². The first-order chi connectivity index (χ1) is 10.3. The second kappa shape index (κ2) is 7.39. The number of aryl methyl sites for hydroxylation is 1. The van der Waals surface area contributed by atoms with Crippen LogP contribution in [0.5, 0.6) is 0 Å². The summed E-state index contributed by atoms with van der Waals surface area (Å²) >= 11 is 0. The third-order valence-electron chi connectivity index (χ3n) is 3.14. The lowest BCUT2D eigenvalue weighted by Crippen LogP contribution is -1.87. The van der Waals surface area contributed by atoms with Crippen LogP contribution in [0.1, 0.15) is 25.5 Å². The number of aromatic nitrogens is 3. The number of rotatable bonds is 3. The summed E-state index contributed by atoms with van der Waals surface area (Å²) < 4.78 is 0. The maximum absolute atomic E-state index is 4.55. The predicted molar refractivity (Wildman–Crippen MR) is 89.2 cm³/mol. The maximum atomic E-state index is 4.55. The number of hydrogen-bond acceptors (Lipinski definition) is 2. The maximum Gasteiger partial charge on any atom is 0.140 e. The first kappa shape index (κ1) is 15.0. The van der Waals surface area contributed by atoms with E-state index in [1.165, 1.54) is 6.42 Å². The van der Waals surface area contributed by atoms with Crippen LogP contribution < -0.4 is 0 Å². The van der Waals surface area contributed by atoms with E-state index in [-0.39, 0.29) is 0 Å². The zero-order valence-corrected chi connectivity index (χ0v) is 12.6. The van der Waals surface area contributed by atoms with Crippen molar-refractivity contribution >= 4 is 11.0 Å². The highest BCUT2D eigenvalue weighted by Crippen LogP contribution is 2.21. The second-order valence-corrected chi connectivity index (χ2v) is 4.82. The molecule has 0 aliphatic heterocycles. The molecule has 0 amide bonds. The van der Waals surface area contributed by atoms with Crippen molar-refractivity contribution < 1.29 is 0 Å². The molecular weight excluding hydrogens is 258 g/mol. The molecule has 3 rings (SSSR count). The second-order valence-electron chi connectivity index (χ2n) is 4.82. The number of benzene rings is 1. The number of hydrogen-bond donors (Lipinski definition) is 1. The van der Waals surface area contributed by atoms with Crippen molar-refractivity contribution in [2.24, 2.45) is 0 Å². The van der Waals surface area contributed by atoms with Crippen LogP contribution in [-0.2, 0) is 0 Å². The number of pyridine rings is 1. The number of H-pyrrole nitrogens is 1. The summed E-state index contributed by atoms with van der Waals surface area (Å²) in [5, 5.41) is 0. The molecule has 3 aromatic rings. The van der Waals surface area contributed by atoms with Crippen molar-refractivity contribution in [1.82, 2.24) is 15.0 Å². The fourth-order valence-corrected chi connectivity index (χ4v) is 2.02. The van der Waals surface area contributed by atoms with Crippen LogP contribution in [0.3, 0.4) is 0 Å². The highest BCUT2D eigenvalue weighted by atomic mass is 14.9. The molecule has 0 saturated heterocycles. The molecule has 0 aliphatic rings. The summed E-state index contributed by atoms with van der Waals surface area (Å²) in [5.74, 6) is 0.881. The molecule has 108 valence electrons. The van der Waals surface area contributed by atoms with Crippen molar-refractivity contribution in [1.29, 1.82) is 0 Å². The number of allylic oxidation sites excluding steroid dienone is 1. The number of nitrogens with one attached hydrogen (secondary N) is 1. The Labute approximate surface area is 125 Å². The number of imidazole rings is 1. The van der Waals surface area contributed by atoms with Crippen molar-refractivity contribution in [2.75, 3.05) is 0 Å². The van der Waals surface area contributed by atoms with Crippen LogP contribution in [0.25, 0.3) is 22.4 Å². The Morgan fingerprint density at radius 3 is 2.62 bits per heavy atom. The number of unbranched alkanes of at least 4 members (excludes halogenated alkanes) is 1. The Morgan fingerprint density at radius 2 is 2.00 bits per heavy atom. The summed E-state index contributed by atoms with van der Waals surface area (Å²) in [6, 6.07) is 12.0. The minimum absolute atomic E-state index is 0.881. The first-order valence-electron chi connectivity index (χ1n) is 7.24. The number of nitrogens with zero attached hydrogens (tertiary/aromatic N) is 2. The Kier molecular flexibility index (Phi) is 5.27. The van der Waals surface area contributed by atoms with Gasteiger partial charge in [0.05, 0.1) is 11.0 Å². The lowest BCUT2D eigenvalue weighted by molar-refractivity contribution is 0.961. The van der Waals surface area contributed by atoms with Gasteiger partial charge in [0.2, 0.25) is 0 Å². The fourth-order valence-electron chi connectivity index (χ4n) is 2.02. The third-order valence-corrected chi connectivity index (χ3v) is 3.14. The van der Waals surface area contributed by atoms with Gasteiger partial charge in [0.1, 0.15) is 5.82 Å². The van der Waals surface area contributed by atoms with Crippen LogP contribution >= 0.6 is 0 Å². The van der Waals surface area contributed by atoms with Gasteiger partial charge in [-0.05, 0) is 37.6 Å². The van der Waals surface area contributed by atoms with Gasteiger partial charge < -0.3 is 4.98 Å². The van der Waals surface area contributed by atoms with Crippen LogP contribution in [0.15, 0.2) is 55.3 Å². The lowest BCUT2D eigenvalue weighted by atomic mass is 10.2. The molecule has 0 saturated carbocycles. The standard InChI is InChI=1S/C13H11N3.C5H10/c1-9-10(5-4-8-14-9)13-15-11-6-2-3-7-12(11)16-13;1-3-5-4-2/h2-8H,1H3,(H,15,16);3H,1,4-5H2,2H3. The zero-order valence-electron chi connectivity index (χ0n) is 12.6. The van der Waals surface area contributed by atoms with E-state index in [9.17, 15) is 0 Å². The van der Waals surface area contributed by atoms with Gasteiger partial charge in [-0.25, -0.2) is 4.98 Å². The van der Waals surface area contributed by atoms with Crippen LogP contribution in [0.4, 0.5) is 0 Å². The summed E-state index contributed by atoms with van der Waals surface area (Å²) in [4.78, 5) is 12.1. The van der Waals surface area contributed by atoms with Gasteiger partial charge in [0.15, 0.2) is 0 Å². The van der Waals surface area contributed by atoms with Gasteiger partial charge in [-0.2, -0.15) is 0 Å². The van der Waals surface area contributed by atoms with E-state index >= 15 is 0 Å². The smallest absolute Gasteiger partial charge is 0.140 e.